The standard InChI is InChI=1S/C20H28N4O/c1-14(19-15(2)22-23(4)16(19)3)21-20(25)18-11-8-12-24(18)13-17-9-6-5-7-10-17/h5-7,9-10,14,18H,8,11-13H2,1-4H3,(H,21,25)/t14-,18+/m0/s1. The Kier molecular flexibility index (Phi) is 5.23. The minimum absolute atomic E-state index is 0.0274. The van der Waals surface area contributed by atoms with Gasteiger partial charge >= 0.3 is 0 Å². The Labute approximate surface area is 150 Å². The van der Waals surface area contributed by atoms with E-state index in [0.29, 0.717) is 0 Å². The number of rotatable bonds is 5. The predicted octanol–water partition coefficient (Wildman–Crippen LogP) is 2.88. The zero-order valence-corrected chi connectivity index (χ0v) is 15.6. The van der Waals surface area contributed by atoms with Gasteiger partial charge in [0.25, 0.3) is 0 Å². The molecule has 1 aliphatic rings. The van der Waals surface area contributed by atoms with Gasteiger partial charge in [-0.05, 0) is 45.7 Å². The molecular weight excluding hydrogens is 312 g/mol. The zero-order valence-electron chi connectivity index (χ0n) is 15.6. The summed E-state index contributed by atoms with van der Waals surface area (Å²) in [5.74, 6) is 0.128. The minimum atomic E-state index is -0.0417. The molecule has 5 nitrogen and oxygen atoms in total. The van der Waals surface area contributed by atoms with Gasteiger partial charge in [0.15, 0.2) is 0 Å². The van der Waals surface area contributed by atoms with Crippen LogP contribution in [0.1, 0.15) is 48.3 Å². The topological polar surface area (TPSA) is 50.2 Å². The lowest BCUT2D eigenvalue weighted by molar-refractivity contribution is -0.126. The molecule has 0 unspecified atom stereocenters. The SMILES string of the molecule is Cc1nn(C)c(C)c1[C@H](C)NC(=O)[C@H]1CCCN1Cc1ccccc1. The summed E-state index contributed by atoms with van der Waals surface area (Å²) in [5, 5.41) is 7.68. The maximum Gasteiger partial charge on any atom is 0.237 e. The van der Waals surface area contributed by atoms with Crippen LogP contribution in [0.4, 0.5) is 0 Å². The molecule has 1 N–H and O–H groups in total. The average Bonchev–Trinajstić information content (AvgIpc) is 3.13. The number of aromatic nitrogens is 2. The Balaban J connectivity index is 1.67. The molecule has 1 aliphatic heterocycles. The summed E-state index contributed by atoms with van der Waals surface area (Å²) in [6, 6.07) is 10.3. The third-order valence-corrected chi connectivity index (χ3v) is 5.25. The molecule has 5 heteroatoms. The fraction of sp³-hybridized carbons (Fsp3) is 0.500. The van der Waals surface area contributed by atoms with Gasteiger partial charge in [0, 0.05) is 24.8 Å². The third kappa shape index (κ3) is 3.76. The monoisotopic (exact) mass is 340 g/mol. The van der Waals surface area contributed by atoms with Crippen LogP contribution in [0.15, 0.2) is 30.3 Å². The molecule has 25 heavy (non-hydrogen) atoms. The number of carbonyl (C=O) groups excluding carboxylic acids is 1. The molecule has 2 aromatic rings. The second-order valence-corrected chi connectivity index (χ2v) is 7.05. The smallest absolute Gasteiger partial charge is 0.237 e. The number of nitrogens with zero attached hydrogens (tertiary/aromatic N) is 3. The highest BCUT2D eigenvalue weighted by Crippen LogP contribution is 2.24. The van der Waals surface area contributed by atoms with Crippen molar-refractivity contribution < 1.29 is 4.79 Å². The van der Waals surface area contributed by atoms with Crippen LogP contribution in [-0.2, 0) is 18.4 Å². The van der Waals surface area contributed by atoms with Crippen molar-refractivity contribution in [3.05, 3.63) is 52.8 Å². The van der Waals surface area contributed by atoms with E-state index in [1.54, 1.807) is 0 Å². The maximum absolute atomic E-state index is 12.9. The molecule has 1 fully saturated rings. The Morgan fingerprint density at radius 1 is 1.32 bits per heavy atom. The van der Waals surface area contributed by atoms with Gasteiger partial charge in [-0.3, -0.25) is 14.4 Å². The average molecular weight is 340 g/mol. The van der Waals surface area contributed by atoms with Gasteiger partial charge in [-0.15, -0.1) is 0 Å². The van der Waals surface area contributed by atoms with Gasteiger partial charge in [-0.1, -0.05) is 30.3 Å². The molecule has 3 rings (SSSR count). The molecule has 2 atom stereocenters. The van der Waals surface area contributed by atoms with Crippen molar-refractivity contribution in [2.45, 2.75) is 52.2 Å². The summed E-state index contributed by atoms with van der Waals surface area (Å²) in [6.07, 6.45) is 2.00. The largest absolute Gasteiger partial charge is 0.348 e. The Bertz CT molecular complexity index is 738. The summed E-state index contributed by atoms with van der Waals surface area (Å²) in [6.45, 7) is 7.91. The molecule has 2 heterocycles. The number of hydrogen-bond acceptors (Lipinski definition) is 3. The van der Waals surface area contributed by atoms with Crippen LogP contribution < -0.4 is 5.32 Å². The van der Waals surface area contributed by atoms with E-state index in [-0.39, 0.29) is 18.0 Å². The molecular formula is C20H28N4O. The van der Waals surface area contributed by atoms with Gasteiger partial charge in [0.1, 0.15) is 0 Å². The van der Waals surface area contributed by atoms with Crippen LogP contribution >= 0.6 is 0 Å². The lowest BCUT2D eigenvalue weighted by Crippen LogP contribution is -2.43. The highest BCUT2D eigenvalue weighted by Gasteiger charge is 2.32. The second-order valence-electron chi connectivity index (χ2n) is 7.05. The summed E-state index contributed by atoms with van der Waals surface area (Å²) in [7, 11) is 1.94. The molecule has 0 bridgehead atoms. The van der Waals surface area contributed by atoms with E-state index in [2.05, 4.69) is 46.5 Å². The molecule has 1 saturated heterocycles. The number of hydrogen-bond donors (Lipinski definition) is 1. The normalized spacial score (nSPS) is 19.1. The number of carbonyl (C=O) groups is 1. The lowest BCUT2D eigenvalue weighted by atomic mass is 10.1. The molecule has 0 radical (unpaired) electrons. The van der Waals surface area contributed by atoms with Crippen molar-refractivity contribution in [1.82, 2.24) is 20.0 Å². The van der Waals surface area contributed by atoms with E-state index in [4.69, 9.17) is 0 Å². The summed E-state index contributed by atoms with van der Waals surface area (Å²) < 4.78 is 1.88. The van der Waals surface area contributed by atoms with Gasteiger partial charge in [0.05, 0.1) is 17.8 Å². The first kappa shape index (κ1) is 17.7. The molecule has 1 aromatic heterocycles. The molecule has 0 saturated carbocycles. The fourth-order valence-electron chi connectivity index (χ4n) is 3.93. The minimum Gasteiger partial charge on any atom is -0.348 e. The molecule has 134 valence electrons. The Morgan fingerprint density at radius 2 is 2.04 bits per heavy atom. The van der Waals surface area contributed by atoms with Crippen LogP contribution in [0.25, 0.3) is 0 Å². The summed E-state index contributed by atoms with van der Waals surface area (Å²) in [4.78, 5) is 15.2. The third-order valence-electron chi connectivity index (χ3n) is 5.25. The summed E-state index contributed by atoms with van der Waals surface area (Å²) >= 11 is 0. The van der Waals surface area contributed by atoms with Gasteiger partial charge < -0.3 is 5.32 Å². The maximum atomic E-state index is 12.9. The van der Waals surface area contributed by atoms with Crippen molar-refractivity contribution in [3.8, 4) is 0 Å². The van der Waals surface area contributed by atoms with E-state index < -0.39 is 0 Å². The van der Waals surface area contributed by atoms with Crippen molar-refractivity contribution >= 4 is 5.91 Å². The van der Waals surface area contributed by atoms with Crippen molar-refractivity contribution in [1.29, 1.82) is 0 Å². The van der Waals surface area contributed by atoms with E-state index in [0.717, 1.165) is 42.9 Å². The van der Waals surface area contributed by atoms with Crippen LogP contribution in [-0.4, -0.2) is 33.2 Å². The first-order chi connectivity index (χ1) is 12.0. The van der Waals surface area contributed by atoms with Crippen molar-refractivity contribution in [2.24, 2.45) is 7.05 Å². The lowest BCUT2D eigenvalue weighted by Gasteiger charge is -2.25. The number of likely N-dealkylation sites (tertiary alicyclic amines) is 1. The van der Waals surface area contributed by atoms with E-state index >= 15 is 0 Å². The van der Waals surface area contributed by atoms with Crippen LogP contribution in [0, 0.1) is 13.8 Å². The molecule has 1 aromatic carbocycles. The van der Waals surface area contributed by atoms with Crippen molar-refractivity contribution in [3.63, 3.8) is 0 Å². The number of aryl methyl sites for hydroxylation is 2. The summed E-state index contributed by atoms with van der Waals surface area (Å²) in [5.41, 5.74) is 4.48. The number of amides is 1. The van der Waals surface area contributed by atoms with Gasteiger partial charge in [0.2, 0.25) is 5.91 Å². The van der Waals surface area contributed by atoms with E-state index in [1.165, 1.54) is 5.56 Å². The van der Waals surface area contributed by atoms with E-state index in [9.17, 15) is 4.79 Å². The van der Waals surface area contributed by atoms with Gasteiger partial charge in [-0.2, -0.15) is 5.10 Å². The molecule has 0 aliphatic carbocycles. The van der Waals surface area contributed by atoms with Crippen molar-refractivity contribution in [2.75, 3.05) is 6.54 Å². The van der Waals surface area contributed by atoms with Gasteiger partial charge in [-0.25, -0.2) is 0 Å². The number of benzene rings is 1. The quantitative estimate of drug-likeness (QED) is 0.910. The van der Waals surface area contributed by atoms with Crippen LogP contribution in [0.2, 0.25) is 0 Å². The fourth-order valence-corrected chi connectivity index (χ4v) is 3.93. The first-order valence-electron chi connectivity index (χ1n) is 9.06. The zero-order chi connectivity index (χ0) is 18.0. The number of nitrogens with one attached hydrogen (secondary N) is 1. The predicted molar refractivity (Wildman–Crippen MR) is 99.1 cm³/mol. The first-order valence-corrected chi connectivity index (χ1v) is 9.06. The second kappa shape index (κ2) is 7.40. The highest BCUT2D eigenvalue weighted by atomic mass is 16.2. The Morgan fingerprint density at radius 3 is 2.68 bits per heavy atom. The van der Waals surface area contributed by atoms with Crippen LogP contribution in [0.5, 0.6) is 0 Å². The van der Waals surface area contributed by atoms with E-state index in [1.807, 2.05) is 31.6 Å². The molecule has 0 spiro atoms. The highest BCUT2D eigenvalue weighted by molar-refractivity contribution is 5.82. The van der Waals surface area contributed by atoms with Crippen LogP contribution in [0.3, 0.4) is 0 Å². The molecule has 1 amide bonds. The Hall–Kier alpha value is -2.14.